The zero-order valence-corrected chi connectivity index (χ0v) is 14.8. The summed E-state index contributed by atoms with van der Waals surface area (Å²) in [7, 11) is 0. The molecule has 4 nitrogen and oxygen atoms in total. The maximum absolute atomic E-state index is 5.94. The number of aromatic nitrogens is 2. The zero-order valence-electron chi connectivity index (χ0n) is 13.9. The smallest absolute Gasteiger partial charge is 0.220 e. The third kappa shape index (κ3) is 3.21. The summed E-state index contributed by atoms with van der Waals surface area (Å²) in [6.07, 6.45) is 0. The lowest BCUT2D eigenvalue weighted by Crippen LogP contribution is -2.04. The first-order chi connectivity index (χ1) is 12.6. The number of fused-ring (bicyclic) bond motifs is 1. The minimum absolute atomic E-state index is 0.202. The first-order valence-corrected chi connectivity index (χ1v) is 8.71. The monoisotopic (exact) mass is 357 g/mol. The molecule has 0 spiro atoms. The van der Waals surface area contributed by atoms with Crippen molar-refractivity contribution in [3.8, 4) is 11.3 Å². The summed E-state index contributed by atoms with van der Waals surface area (Å²) in [6.45, 7) is 0. The maximum atomic E-state index is 5.94. The zero-order chi connectivity index (χ0) is 18.1. The van der Waals surface area contributed by atoms with Gasteiger partial charge in [-0.25, -0.2) is 9.97 Å². The maximum Gasteiger partial charge on any atom is 0.220 e. The normalized spacial score (nSPS) is 12.2. The average Bonchev–Trinajstić information content (AvgIpc) is 2.66. The van der Waals surface area contributed by atoms with Crippen LogP contribution in [-0.4, -0.2) is 9.97 Å². The van der Waals surface area contributed by atoms with Crippen LogP contribution in [-0.2, 0) is 0 Å². The molecule has 5 heteroatoms. The highest BCUT2D eigenvalue weighted by Crippen LogP contribution is 2.31. The number of anilines is 2. The molecule has 0 aliphatic rings. The van der Waals surface area contributed by atoms with Gasteiger partial charge in [-0.15, -0.1) is 0 Å². The Balaban J connectivity index is 1.76. The second-order valence-corrected chi connectivity index (χ2v) is 6.58. The van der Waals surface area contributed by atoms with Crippen LogP contribution in [0.2, 0.25) is 0 Å². The Bertz CT molecular complexity index is 1090. The number of hydrogen-bond donors (Lipinski definition) is 3. The number of benzene rings is 3. The lowest BCUT2D eigenvalue weighted by atomic mass is 10.0. The molecule has 26 heavy (non-hydrogen) atoms. The van der Waals surface area contributed by atoms with Crippen LogP contribution >= 0.6 is 12.6 Å². The number of nitrogens with zero attached hydrogens (tertiary/aromatic N) is 2. The minimum atomic E-state index is -0.218. The van der Waals surface area contributed by atoms with Gasteiger partial charge in [0.1, 0.15) is 0 Å². The van der Waals surface area contributed by atoms with E-state index in [2.05, 4.69) is 46.4 Å². The standard InChI is InChI=1S/C21H17N4S/c22-17-7-3-6-15(11-17)18-12-19(25-21(23)24-18)20(26)16-9-8-13-4-1-2-5-14(13)10-16/h1-10,12,20,26H,22H2,(H2,23,24,25)/t20-/m0/s1. The van der Waals surface area contributed by atoms with Gasteiger partial charge in [-0.3, -0.25) is 0 Å². The Kier molecular flexibility index (Phi) is 4.22. The van der Waals surface area contributed by atoms with E-state index in [0.717, 1.165) is 22.2 Å². The van der Waals surface area contributed by atoms with Gasteiger partial charge < -0.3 is 11.5 Å². The van der Waals surface area contributed by atoms with E-state index < -0.39 is 0 Å². The van der Waals surface area contributed by atoms with Crippen LogP contribution in [0.5, 0.6) is 0 Å². The molecular formula is C21H17N4S. The van der Waals surface area contributed by atoms with Crippen molar-refractivity contribution in [3.05, 3.63) is 84.1 Å². The van der Waals surface area contributed by atoms with E-state index >= 15 is 0 Å². The lowest BCUT2D eigenvalue weighted by Gasteiger charge is -2.14. The molecule has 1 heterocycles. The summed E-state index contributed by atoms with van der Waals surface area (Å²) >= 11 is 4.78. The van der Waals surface area contributed by atoms with Crippen LogP contribution in [0.15, 0.2) is 66.7 Å². The number of thiol groups is 1. The van der Waals surface area contributed by atoms with Crippen LogP contribution in [0.3, 0.4) is 0 Å². The molecule has 3 aromatic carbocycles. The summed E-state index contributed by atoms with van der Waals surface area (Å²) in [6, 6.07) is 25.0. The van der Waals surface area contributed by atoms with Gasteiger partial charge in [0.25, 0.3) is 0 Å². The number of hydrogen-bond acceptors (Lipinski definition) is 5. The molecular weight excluding hydrogens is 340 g/mol. The van der Waals surface area contributed by atoms with E-state index in [1.807, 2.05) is 30.3 Å². The molecule has 4 N–H and O–H groups in total. The molecule has 0 saturated carbocycles. The molecule has 1 aromatic heterocycles. The molecule has 4 rings (SSSR count). The molecule has 0 unspecified atom stereocenters. The van der Waals surface area contributed by atoms with Gasteiger partial charge in [0.05, 0.1) is 16.6 Å². The van der Waals surface area contributed by atoms with Crippen molar-refractivity contribution in [2.24, 2.45) is 0 Å². The van der Waals surface area contributed by atoms with Crippen LogP contribution in [0.4, 0.5) is 11.6 Å². The molecule has 127 valence electrons. The minimum Gasteiger partial charge on any atom is -0.398 e. The fourth-order valence-electron chi connectivity index (χ4n) is 2.95. The van der Waals surface area contributed by atoms with Crippen molar-refractivity contribution >= 4 is 35.0 Å². The predicted molar refractivity (Wildman–Crippen MR) is 110 cm³/mol. The van der Waals surface area contributed by atoms with Gasteiger partial charge in [-0.05, 0) is 34.5 Å². The first kappa shape index (κ1) is 16.4. The fraction of sp³-hybridized carbons (Fsp3) is 0.0476. The van der Waals surface area contributed by atoms with Crippen molar-refractivity contribution < 1.29 is 0 Å². The van der Waals surface area contributed by atoms with Crippen molar-refractivity contribution in [2.75, 3.05) is 11.5 Å². The van der Waals surface area contributed by atoms with Crippen LogP contribution in [0.25, 0.3) is 22.0 Å². The van der Waals surface area contributed by atoms with E-state index in [1.54, 1.807) is 6.07 Å². The average molecular weight is 357 g/mol. The van der Waals surface area contributed by atoms with E-state index in [1.165, 1.54) is 5.39 Å². The molecule has 1 atom stereocenters. The van der Waals surface area contributed by atoms with E-state index in [9.17, 15) is 0 Å². The van der Waals surface area contributed by atoms with Crippen molar-refractivity contribution in [1.82, 2.24) is 9.97 Å². The van der Waals surface area contributed by atoms with Gasteiger partial charge in [-0.2, -0.15) is 12.6 Å². The molecule has 4 aromatic rings. The first-order valence-electron chi connectivity index (χ1n) is 8.19. The van der Waals surface area contributed by atoms with Crippen molar-refractivity contribution in [3.63, 3.8) is 0 Å². The molecule has 0 saturated heterocycles. The van der Waals surface area contributed by atoms with E-state index in [4.69, 9.17) is 24.1 Å². The van der Waals surface area contributed by atoms with Gasteiger partial charge in [0, 0.05) is 17.3 Å². The van der Waals surface area contributed by atoms with Crippen molar-refractivity contribution in [2.45, 2.75) is 5.25 Å². The molecule has 0 fully saturated rings. The Morgan fingerprint density at radius 2 is 1.65 bits per heavy atom. The third-order valence-electron chi connectivity index (χ3n) is 4.23. The Morgan fingerprint density at radius 1 is 0.846 bits per heavy atom. The van der Waals surface area contributed by atoms with Crippen molar-refractivity contribution in [1.29, 1.82) is 0 Å². The number of nitrogen functional groups attached to an aromatic ring is 2. The van der Waals surface area contributed by atoms with Crippen LogP contribution in [0.1, 0.15) is 16.5 Å². The van der Waals surface area contributed by atoms with Crippen LogP contribution < -0.4 is 11.5 Å². The van der Waals surface area contributed by atoms with E-state index in [-0.39, 0.29) is 11.2 Å². The van der Waals surface area contributed by atoms with Crippen LogP contribution in [0, 0.1) is 6.07 Å². The Morgan fingerprint density at radius 3 is 2.46 bits per heavy atom. The molecule has 0 bridgehead atoms. The molecule has 0 aliphatic carbocycles. The molecule has 1 radical (unpaired) electrons. The summed E-state index contributed by atoms with van der Waals surface area (Å²) in [4.78, 5) is 8.70. The second kappa shape index (κ2) is 6.69. The van der Waals surface area contributed by atoms with Gasteiger partial charge in [0.15, 0.2) is 0 Å². The van der Waals surface area contributed by atoms with Gasteiger partial charge >= 0.3 is 0 Å². The third-order valence-corrected chi connectivity index (χ3v) is 4.79. The Hall–Kier alpha value is -3.05. The topological polar surface area (TPSA) is 77.8 Å². The lowest BCUT2D eigenvalue weighted by molar-refractivity contribution is 1.03. The highest BCUT2D eigenvalue weighted by Gasteiger charge is 2.15. The Labute approximate surface area is 157 Å². The SMILES string of the molecule is Nc1[c]c(-c2cc([C@@H](S)c3ccc4ccccc4c3)nc(N)n2)ccc1. The second-order valence-electron chi connectivity index (χ2n) is 6.07. The molecule has 0 aliphatic heterocycles. The quantitative estimate of drug-likeness (QED) is 0.378. The largest absolute Gasteiger partial charge is 0.398 e. The van der Waals surface area contributed by atoms with E-state index in [0.29, 0.717) is 11.4 Å². The fourth-order valence-corrected chi connectivity index (χ4v) is 3.24. The number of rotatable bonds is 3. The highest BCUT2D eigenvalue weighted by molar-refractivity contribution is 7.80. The summed E-state index contributed by atoms with van der Waals surface area (Å²) < 4.78 is 0. The van der Waals surface area contributed by atoms with Gasteiger partial charge in [-0.1, -0.05) is 48.5 Å². The van der Waals surface area contributed by atoms with Gasteiger partial charge in [0.2, 0.25) is 5.95 Å². The summed E-state index contributed by atoms with van der Waals surface area (Å²) in [5, 5.41) is 2.13. The molecule has 0 amide bonds. The summed E-state index contributed by atoms with van der Waals surface area (Å²) in [5.41, 5.74) is 15.6. The highest BCUT2D eigenvalue weighted by atomic mass is 32.1. The number of nitrogens with two attached hydrogens (primary N) is 2. The summed E-state index contributed by atoms with van der Waals surface area (Å²) in [5.74, 6) is 0.202. The predicted octanol–water partition coefficient (Wildman–Crippen LogP) is 4.28.